The number of carbonyl (C=O) groups is 1. The van der Waals surface area contributed by atoms with Gasteiger partial charge >= 0.3 is 0 Å². The number of aliphatic imine (C=N–C) groups is 1. The van der Waals surface area contributed by atoms with E-state index in [9.17, 15) is 4.79 Å². The molecule has 3 aliphatic rings. The molecule has 7 nitrogen and oxygen atoms in total. The Kier molecular flexibility index (Phi) is 7.65. The van der Waals surface area contributed by atoms with E-state index in [1.807, 2.05) is 0 Å². The van der Waals surface area contributed by atoms with E-state index in [0.29, 0.717) is 25.7 Å². The Morgan fingerprint density at radius 1 is 1.54 bits per heavy atom. The average Bonchev–Trinajstić information content (AvgIpc) is 3.22. The molecule has 0 radical (unpaired) electrons. The summed E-state index contributed by atoms with van der Waals surface area (Å²) in [6, 6.07) is 0.204. The quantitative estimate of drug-likeness (QED) is 0.458. The smallest absolute Gasteiger partial charge is 0.259 e. The van der Waals surface area contributed by atoms with Crippen molar-refractivity contribution in [2.75, 3.05) is 38.6 Å². The first-order valence-electron chi connectivity index (χ1n) is 10.8. The second kappa shape index (κ2) is 9.98. The highest BCUT2D eigenvalue weighted by Crippen LogP contribution is 2.42. The number of hydrogen-bond acceptors (Lipinski definition) is 7. The van der Waals surface area contributed by atoms with Crippen LogP contribution in [0.1, 0.15) is 46.0 Å². The summed E-state index contributed by atoms with van der Waals surface area (Å²) >= 11 is 1.65. The number of hydrogen-bond donors (Lipinski definition) is 4. The SMILES string of the molecule is CCCCC(CC)C1(N2C=C(C(=O)NCCN)SCC2)CCNC2=NCNC21. The Morgan fingerprint density at radius 2 is 2.39 bits per heavy atom. The summed E-state index contributed by atoms with van der Waals surface area (Å²) in [5.41, 5.74) is 5.52. The number of thioether (sulfide) groups is 1. The molecule has 0 aromatic rings. The van der Waals surface area contributed by atoms with Gasteiger partial charge in [0.05, 0.1) is 23.2 Å². The number of unbranched alkanes of at least 4 members (excludes halogenated alkanes) is 1. The molecule has 28 heavy (non-hydrogen) atoms. The van der Waals surface area contributed by atoms with Gasteiger partial charge in [-0.3, -0.25) is 15.1 Å². The molecule has 1 fully saturated rings. The number of carbonyl (C=O) groups excluding carboxylic acids is 1. The van der Waals surface area contributed by atoms with Crippen LogP contribution in [0, 0.1) is 5.92 Å². The molecule has 3 aliphatic heterocycles. The maximum absolute atomic E-state index is 12.6. The fraction of sp³-hybridized carbons (Fsp3) is 0.800. The number of piperidine rings is 1. The fourth-order valence-corrected chi connectivity index (χ4v) is 5.89. The molecule has 1 saturated heterocycles. The molecule has 3 rings (SSSR count). The molecular formula is C20H36N6OS. The minimum absolute atomic E-state index is 0.000821. The van der Waals surface area contributed by atoms with Gasteiger partial charge in [-0.05, 0) is 18.8 Å². The minimum atomic E-state index is -0.0368. The standard InChI is InChI=1S/C20H36N6OS/c1-3-5-6-15(4-2)20(7-9-22-18-17(20)24-14-25-18)26-11-12-28-16(13-26)19(27)23-10-8-21/h13,15,17,24H,3-12,14,21H2,1-2H3,(H,22,25)(H,23,27). The molecule has 3 unspecified atom stereocenters. The molecule has 8 heteroatoms. The van der Waals surface area contributed by atoms with Crippen LogP contribution in [0.15, 0.2) is 16.1 Å². The number of nitrogens with one attached hydrogen (secondary N) is 3. The lowest BCUT2D eigenvalue weighted by molar-refractivity contribution is -0.116. The first-order valence-corrected chi connectivity index (χ1v) is 11.8. The van der Waals surface area contributed by atoms with Gasteiger partial charge in [-0.2, -0.15) is 0 Å². The molecule has 0 aromatic carbocycles. The van der Waals surface area contributed by atoms with Crippen LogP contribution in [-0.2, 0) is 4.79 Å². The molecule has 0 saturated carbocycles. The lowest BCUT2D eigenvalue weighted by atomic mass is 9.68. The Labute approximate surface area is 173 Å². The third-order valence-corrected chi connectivity index (χ3v) is 7.30. The Morgan fingerprint density at radius 3 is 3.14 bits per heavy atom. The molecule has 0 aromatic heterocycles. The zero-order valence-corrected chi connectivity index (χ0v) is 18.1. The number of nitrogens with two attached hydrogens (primary N) is 1. The summed E-state index contributed by atoms with van der Waals surface area (Å²) < 4.78 is 0. The van der Waals surface area contributed by atoms with Crippen molar-refractivity contribution in [3.05, 3.63) is 11.1 Å². The van der Waals surface area contributed by atoms with Crippen molar-refractivity contribution < 1.29 is 4.79 Å². The van der Waals surface area contributed by atoms with Crippen LogP contribution >= 0.6 is 11.8 Å². The fourth-order valence-electron chi connectivity index (χ4n) is 4.98. The van der Waals surface area contributed by atoms with E-state index in [0.717, 1.165) is 42.4 Å². The van der Waals surface area contributed by atoms with Gasteiger partial charge in [0.25, 0.3) is 5.91 Å². The molecule has 158 valence electrons. The first kappa shape index (κ1) is 21.5. The van der Waals surface area contributed by atoms with Gasteiger partial charge in [0.2, 0.25) is 0 Å². The van der Waals surface area contributed by atoms with Gasteiger partial charge in [0.15, 0.2) is 0 Å². The van der Waals surface area contributed by atoms with Crippen LogP contribution in [0.5, 0.6) is 0 Å². The number of amides is 1. The summed E-state index contributed by atoms with van der Waals surface area (Å²) in [6.45, 7) is 8.13. The summed E-state index contributed by atoms with van der Waals surface area (Å²) in [4.78, 5) is 20.6. The van der Waals surface area contributed by atoms with Crippen molar-refractivity contribution >= 4 is 23.5 Å². The monoisotopic (exact) mass is 408 g/mol. The van der Waals surface area contributed by atoms with Gasteiger partial charge in [-0.1, -0.05) is 33.1 Å². The van der Waals surface area contributed by atoms with E-state index in [-0.39, 0.29) is 17.5 Å². The van der Waals surface area contributed by atoms with Crippen molar-refractivity contribution in [3.8, 4) is 0 Å². The zero-order chi connectivity index (χ0) is 20.0. The van der Waals surface area contributed by atoms with E-state index < -0.39 is 0 Å². The van der Waals surface area contributed by atoms with Crippen LogP contribution in [0.3, 0.4) is 0 Å². The highest BCUT2D eigenvalue weighted by atomic mass is 32.2. The Balaban J connectivity index is 1.94. The summed E-state index contributed by atoms with van der Waals surface area (Å²) in [7, 11) is 0. The summed E-state index contributed by atoms with van der Waals surface area (Å²) in [5, 5.41) is 10.1. The van der Waals surface area contributed by atoms with Crippen LogP contribution in [0.4, 0.5) is 0 Å². The lowest BCUT2D eigenvalue weighted by Crippen LogP contribution is -2.70. The largest absolute Gasteiger partial charge is 0.372 e. The van der Waals surface area contributed by atoms with Gasteiger partial charge < -0.3 is 21.3 Å². The second-order valence-electron chi connectivity index (χ2n) is 7.83. The van der Waals surface area contributed by atoms with E-state index in [1.165, 1.54) is 19.3 Å². The van der Waals surface area contributed by atoms with Crippen LogP contribution < -0.4 is 21.7 Å². The van der Waals surface area contributed by atoms with Crippen molar-refractivity contribution in [2.45, 2.75) is 57.5 Å². The van der Waals surface area contributed by atoms with Crippen molar-refractivity contribution in [1.29, 1.82) is 0 Å². The van der Waals surface area contributed by atoms with Crippen molar-refractivity contribution in [3.63, 3.8) is 0 Å². The average molecular weight is 409 g/mol. The van der Waals surface area contributed by atoms with E-state index in [2.05, 4.69) is 45.9 Å². The summed E-state index contributed by atoms with van der Waals surface area (Å²) in [5.74, 6) is 2.59. The van der Waals surface area contributed by atoms with E-state index in [1.54, 1.807) is 11.8 Å². The molecule has 0 bridgehead atoms. The third kappa shape index (κ3) is 4.19. The van der Waals surface area contributed by atoms with Crippen LogP contribution in [-0.4, -0.2) is 66.8 Å². The summed E-state index contributed by atoms with van der Waals surface area (Å²) in [6.07, 6.45) is 7.98. The van der Waals surface area contributed by atoms with Crippen molar-refractivity contribution in [1.82, 2.24) is 20.9 Å². The molecule has 0 spiro atoms. The van der Waals surface area contributed by atoms with Crippen LogP contribution in [0.2, 0.25) is 0 Å². The molecule has 1 amide bonds. The van der Waals surface area contributed by atoms with E-state index in [4.69, 9.17) is 5.73 Å². The minimum Gasteiger partial charge on any atom is -0.372 e. The third-order valence-electron chi connectivity index (χ3n) is 6.31. The molecule has 5 N–H and O–H groups in total. The molecule has 3 heterocycles. The van der Waals surface area contributed by atoms with Gasteiger partial charge in [-0.15, -0.1) is 11.8 Å². The maximum Gasteiger partial charge on any atom is 0.259 e. The second-order valence-corrected chi connectivity index (χ2v) is 8.97. The number of nitrogens with zero attached hydrogens (tertiary/aromatic N) is 2. The zero-order valence-electron chi connectivity index (χ0n) is 17.3. The highest BCUT2D eigenvalue weighted by molar-refractivity contribution is 8.04. The Hall–Kier alpha value is -1.25. The normalized spacial score (nSPS) is 28.1. The number of fused-ring (bicyclic) bond motifs is 1. The first-order chi connectivity index (χ1) is 13.7. The highest BCUT2D eigenvalue weighted by Gasteiger charge is 2.53. The predicted octanol–water partition coefficient (Wildman–Crippen LogP) is 1.23. The van der Waals surface area contributed by atoms with Gasteiger partial charge in [-0.25, -0.2) is 0 Å². The number of amidine groups is 1. The molecular weight excluding hydrogens is 372 g/mol. The molecule has 0 aliphatic carbocycles. The predicted molar refractivity (Wildman–Crippen MR) is 117 cm³/mol. The van der Waals surface area contributed by atoms with Crippen molar-refractivity contribution in [2.24, 2.45) is 16.6 Å². The van der Waals surface area contributed by atoms with E-state index >= 15 is 0 Å². The topological polar surface area (TPSA) is 94.8 Å². The lowest BCUT2D eigenvalue weighted by Gasteiger charge is -2.55. The van der Waals surface area contributed by atoms with Gasteiger partial charge in [0, 0.05) is 38.1 Å². The molecule has 3 atom stereocenters. The van der Waals surface area contributed by atoms with Crippen LogP contribution in [0.25, 0.3) is 0 Å². The Bertz CT molecular complexity index is 610. The van der Waals surface area contributed by atoms with Gasteiger partial charge in [0.1, 0.15) is 5.84 Å². The maximum atomic E-state index is 12.6. The number of rotatable bonds is 9.